The maximum atomic E-state index is 12.3. The van der Waals surface area contributed by atoms with Gasteiger partial charge < -0.3 is 15.6 Å². The Hall–Kier alpha value is -3.73. The molecule has 11 heteroatoms. The summed E-state index contributed by atoms with van der Waals surface area (Å²) in [6, 6.07) is 20.7. The summed E-state index contributed by atoms with van der Waals surface area (Å²) in [5.74, 6) is 0.377. The van der Waals surface area contributed by atoms with Crippen molar-refractivity contribution in [2.75, 3.05) is 11.9 Å². The predicted molar refractivity (Wildman–Crippen MR) is 138 cm³/mol. The van der Waals surface area contributed by atoms with Gasteiger partial charge >= 0.3 is 0 Å². The fourth-order valence-corrected chi connectivity index (χ4v) is 4.52. The van der Waals surface area contributed by atoms with Crippen molar-refractivity contribution in [1.82, 2.24) is 14.3 Å². The maximum absolute atomic E-state index is 12.3. The Morgan fingerprint density at radius 1 is 1.06 bits per heavy atom. The second-order valence-corrected chi connectivity index (χ2v) is 9.53. The molecule has 0 aliphatic rings. The lowest BCUT2D eigenvalue weighted by molar-refractivity contribution is -0.115. The smallest absolute Gasteiger partial charge is 0.241 e. The van der Waals surface area contributed by atoms with E-state index < -0.39 is 15.9 Å². The van der Waals surface area contributed by atoms with Gasteiger partial charge in [-0.3, -0.25) is 10.2 Å². The summed E-state index contributed by atoms with van der Waals surface area (Å²) in [6.45, 7) is -0.390. The second-order valence-electron chi connectivity index (χ2n) is 7.76. The number of amides is 1. The van der Waals surface area contributed by atoms with Crippen LogP contribution in [0.2, 0.25) is 0 Å². The molecule has 35 heavy (non-hydrogen) atoms. The number of amidine groups is 1. The first kappa shape index (κ1) is 25.9. The molecular formula is C24H25ClN6O3S. The van der Waals surface area contributed by atoms with Crippen LogP contribution >= 0.6 is 12.4 Å². The lowest BCUT2D eigenvalue weighted by Crippen LogP contribution is -2.32. The normalized spacial score (nSPS) is 11.1. The molecule has 0 aliphatic carbocycles. The molecule has 0 saturated carbocycles. The first-order valence-corrected chi connectivity index (χ1v) is 11.9. The third-order valence-electron chi connectivity index (χ3n) is 5.36. The van der Waals surface area contributed by atoms with Gasteiger partial charge in [0.15, 0.2) is 0 Å². The molecular weight excluding hydrogens is 488 g/mol. The highest BCUT2D eigenvalue weighted by atomic mass is 35.5. The van der Waals surface area contributed by atoms with E-state index in [4.69, 9.17) is 16.1 Å². The number of hydrogen-bond donors (Lipinski definition) is 4. The number of rotatable bonds is 8. The SMILES string of the molecule is Cl.Cn1c(Cc2ccc(C(=N)N)cc2)nc2cc(NC(=O)CNS(=O)(=O)c3ccccc3)ccc21. The van der Waals surface area contributed by atoms with Gasteiger partial charge in [-0.15, -0.1) is 12.4 Å². The van der Waals surface area contributed by atoms with Crippen LogP contribution in [0.5, 0.6) is 0 Å². The zero-order chi connectivity index (χ0) is 24.3. The summed E-state index contributed by atoms with van der Waals surface area (Å²) in [6.07, 6.45) is 0.590. The van der Waals surface area contributed by atoms with E-state index in [1.165, 1.54) is 12.1 Å². The Labute approximate surface area is 209 Å². The molecule has 1 aromatic heterocycles. The van der Waals surface area contributed by atoms with Gasteiger partial charge in [-0.2, -0.15) is 0 Å². The number of nitrogens with one attached hydrogen (secondary N) is 3. The molecule has 0 atom stereocenters. The number of carbonyl (C=O) groups excluding carboxylic acids is 1. The Morgan fingerprint density at radius 2 is 1.74 bits per heavy atom. The summed E-state index contributed by atoms with van der Waals surface area (Å²) in [5.41, 5.74) is 9.34. The molecule has 4 rings (SSSR count). The third kappa shape index (κ3) is 6.04. The Kier molecular flexibility index (Phi) is 7.90. The number of nitrogens with two attached hydrogens (primary N) is 1. The highest BCUT2D eigenvalue weighted by Gasteiger charge is 2.15. The quantitative estimate of drug-likeness (QED) is 0.212. The summed E-state index contributed by atoms with van der Waals surface area (Å²) < 4.78 is 28.9. The van der Waals surface area contributed by atoms with Crippen LogP contribution in [0.15, 0.2) is 77.7 Å². The highest BCUT2D eigenvalue weighted by Crippen LogP contribution is 2.21. The van der Waals surface area contributed by atoms with E-state index >= 15 is 0 Å². The fourth-order valence-electron chi connectivity index (χ4n) is 3.52. The van der Waals surface area contributed by atoms with Crippen molar-refractivity contribution < 1.29 is 13.2 Å². The third-order valence-corrected chi connectivity index (χ3v) is 6.78. The van der Waals surface area contributed by atoms with Crippen molar-refractivity contribution >= 4 is 50.9 Å². The van der Waals surface area contributed by atoms with E-state index in [-0.39, 0.29) is 29.7 Å². The molecule has 9 nitrogen and oxygen atoms in total. The molecule has 4 aromatic rings. The van der Waals surface area contributed by atoms with Crippen molar-refractivity contribution in [2.24, 2.45) is 12.8 Å². The van der Waals surface area contributed by atoms with Crippen LogP contribution in [0.3, 0.4) is 0 Å². The van der Waals surface area contributed by atoms with Crippen LogP contribution in [0, 0.1) is 5.41 Å². The molecule has 0 saturated heterocycles. The van der Waals surface area contributed by atoms with Crippen LogP contribution in [-0.2, 0) is 28.3 Å². The molecule has 3 aromatic carbocycles. The van der Waals surface area contributed by atoms with E-state index in [0.29, 0.717) is 23.2 Å². The molecule has 0 spiro atoms. The second kappa shape index (κ2) is 10.7. The van der Waals surface area contributed by atoms with E-state index in [2.05, 4.69) is 10.0 Å². The van der Waals surface area contributed by atoms with Crippen LogP contribution in [0.25, 0.3) is 11.0 Å². The van der Waals surface area contributed by atoms with Crippen LogP contribution < -0.4 is 15.8 Å². The van der Waals surface area contributed by atoms with E-state index in [9.17, 15) is 13.2 Å². The predicted octanol–water partition coefficient (Wildman–Crippen LogP) is 2.79. The number of sulfonamides is 1. The molecule has 0 aliphatic heterocycles. The first-order valence-electron chi connectivity index (χ1n) is 10.5. The average molecular weight is 513 g/mol. The molecule has 5 N–H and O–H groups in total. The lowest BCUT2D eigenvalue weighted by Gasteiger charge is -2.08. The number of carbonyl (C=O) groups is 1. The fraction of sp³-hybridized carbons (Fsp3) is 0.125. The minimum atomic E-state index is -3.77. The molecule has 0 unspecified atom stereocenters. The topological polar surface area (TPSA) is 143 Å². The van der Waals surface area contributed by atoms with E-state index in [0.717, 1.165) is 16.9 Å². The van der Waals surface area contributed by atoms with Crippen LogP contribution in [0.1, 0.15) is 17.0 Å². The number of halogens is 1. The summed E-state index contributed by atoms with van der Waals surface area (Å²) in [4.78, 5) is 17.1. The number of hydrogen-bond acceptors (Lipinski definition) is 5. The number of aromatic nitrogens is 2. The van der Waals surface area contributed by atoms with Gasteiger partial charge in [0, 0.05) is 24.7 Å². The maximum Gasteiger partial charge on any atom is 0.241 e. The monoisotopic (exact) mass is 512 g/mol. The van der Waals surface area contributed by atoms with Gasteiger partial charge in [0.1, 0.15) is 11.7 Å². The first-order chi connectivity index (χ1) is 16.2. The van der Waals surface area contributed by atoms with Crippen LogP contribution in [-0.4, -0.2) is 36.3 Å². The van der Waals surface area contributed by atoms with Crippen molar-refractivity contribution in [2.45, 2.75) is 11.3 Å². The zero-order valence-corrected chi connectivity index (χ0v) is 20.5. The number of nitrogens with zero attached hydrogens (tertiary/aromatic N) is 2. The van der Waals surface area contributed by atoms with Gasteiger partial charge in [0.2, 0.25) is 15.9 Å². The van der Waals surface area contributed by atoms with Gasteiger partial charge in [-0.25, -0.2) is 18.1 Å². The van der Waals surface area contributed by atoms with Crippen molar-refractivity contribution in [3.05, 3.63) is 89.7 Å². The van der Waals surface area contributed by atoms with Gasteiger partial charge in [0.25, 0.3) is 0 Å². The number of imidazole rings is 1. The van der Waals surface area contributed by atoms with Gasteiger partial charge in [-0.05, 0) is 35.9 Å². The average Bonchev–Trinajstić information content (AvgIpc) is 3.13. The largest absolute Gasteiger partial charge is 0.384 e. The highest BCUT2D eigenvalue weighted by molar-refractivity contribution is 7.89. The minimum Gasteiger partial charge on any atom is -0.384 e. The van der Waals surface area contributed by atoms with Crippen molar-refractivity contribution in [1.29, 1.82) is 5.41 Å². The number of nitrogen functional groups attached to an aromatic ring is 1. The van der Waals surface area contributed by atoms with Crippen LogP contribution in [0.4, 0.5) is 5.69 Å². The number of benzene rings is 3. The summed E-state index contributed by atoms with van der Waals surface area (Å²) >= 11 is 0. The summed E-state index contributed by atoms with van der Waals surface area (Å²) in [7, 11) is -1.85. The Balaban J connectivity index is 0.00000342. The standard InChI is InChI=1S/C24H24N6O3S.ClH/c1-30-21-12-11-18(28-23(31)15-27-34(32,33)19-5-3-2-4-6-19)14-20(21)29-22(30)13-16-7-9-17(10-8-16)24(25)26;/h2-12,14,27H,13,15H2,1H3,(H3,25,26)(H,28,31);1H. The molecule has 1 amide bonds. The lowest BCUT2D eigenvalue weighted by atomic mass is 10.1. The van der Waals surface area contributed by atoms with Crippen molar-refractivity contribution in [3.63, 3.8) is 0 Å². The Bertz CT molecular complexity index is 1470. The number of fused-ring (bicyclic) bond motifs is 1. The number of anilines is 1. The Morgan fingerprint density at radius 3 is 2.40 bits per heavy atom. The minimum absolute atomic E-state index is 0. The van der Waals surface area contributed by atoms with E-state index in [1.54, 1.807) is 42.5 Å². The molecule has 1 heterocycles. The van der Waals surface area contributed by atoms with E-state index in [1.807, 2.05) is 29.8 Å². The summed E-state index contributed by atoms with van der Waals surface area (Å²) in [5, 5.41) is 10.2. The molecule has 0 fully saturated rings. The number of aryl methyl sites for hydroxylation is 1. The molecule has 182 valence electrons. The van der Waals surface area contributed by atoms with Gasteiger partial charge in [-0.1, -0.05) is 42.5 Å². The molecule has 0 radical (unpaired) electrons. The van der Waals surface area contributed by atoms with Gasteiger partial charge in [0.05, 0.1) is 22.5 Å². The zero-order valence-electron chi connectivity index (χ0n) is 18.9. The van der Waals surface area contributed by atoms with Crippen molar-refractivity contribution in [3.8, 4) is 0 Å². The molecule has 0 bridgehead atoms.